The molecule has 0 aliphatic rings. The van der Waals surface area contributed by atoms with Gasteiger partial charge in [-0.1, -0.05) is 42.0 Å². The number of hydrogen-bond acceptors (Lipinski definition) is 6. The Morgan fingerprint density at radius 2 is 1.66 bits per heavy atom. The summed E-state index contributed by atoms with van der Waals surface area (Å²) in [5.74, 6) is 1.07. The van der Waals surface area contributed by atoms with E-state index < -0.39 is 0 Å². The molecule has 8 nitrogen and oxygen atoms in total. The molecule has 3 N–H and O–H groups in total. The minimum Gasteiger partial charge on any atom is -0.493 e. The van der Waals surface area contributed by atoms with Crippen molar-refractivity contribution in [2.45, 2.75) is 13.5 Å². The number of nitrogens with two attached hydrogens (primary N) is 1. The Hall–Kier alpha value is -4.59. The highest BCUT2D eigenvalue weighted by atomic mass is 16.5. The number of benzene rings is 3. The predicted octanol–water partition coefficient (Wildman–Crippen LogP) is 4.41. The summed E-state index contributed by atoms with van der Waals surface area (Å²) < 4.78 is 12.6. The van der Waals surface area contributed by atoms with Crippen molar-refractivity contribution >= 4 is 33.9 Å². The highest BCUT2D eigenvalue weighted by Gasteiger charge is 2.25. The highest BCUT2D eigenvalue weighted by molar-refractivity contribution is 6.11. The molecule has 0 saturated heterocycles. The van der Waals surface area contributed by atoms with Crippen LogP contribution < -0.4 is 20.5 Å². The third-order valence-electron chi connectivity index (χ3n) is 5.94. The van der Waals surface area contributed by atoms with Gasteiger partial charge in [-0.3, -0.25) is 9.36 Å². The third kappa shape index (κ3) is 3.89. The Morgan fingerprint density at radius 1 is 0.943 bits per heavy atom. The summed E-state index contributed by atoms with van der Waals surface area (Å²) in [5.41, 5.74) is 11.9. The Kier molecular flexibility index (Phi) is 5.70. The normalized spacial score (nSPS) is 11.1. The number of fused-ring (bicyclic) bond motifs is 2. The molecular formula is C27H25N5O3. The number of para-hydroxylation sites is 3. The van der Waals surface area contributed by atoms with Gasteiger partial charge in [0, 0.05) is 17.8 Å². The first kappa shape index (κ1) is 22.2. The van der Waals surface area contributed by atoms with Crippen molar-refractivity contribution in [3.63, 3.8) is 0 Å². The van der Waals surface area contributed by atoms with Crippen LogP contribution in [0, 0.1) is 6.92 Å². The minimum atomic E-state index is -0.354. The van der Waals surface area contributed by atoms with Crippen molar-refractivity contribution in [3.8, 4) is 17.2 Å². The number of aryl methyl sites for hydroxylation is 1. The van der Waals surface area contributed by atoms with Crippen LogP contribution in [-0.4, -0.2) is 34.7 Å². The molecule has 8 heteroatoms. The van der Waals surface area contributed by atoms with Gasteiger partial charge in [-0.05, 0) is 37.3 Å². The van der Waals surface area contributed by atoms with Gasteiger partial charge in [-0.2, -0.15) is 0 Å². The molecule has 1 amide bonds. The summed E-state index contributed by atoms with van der Waals surface area (Å²) >= 11 is 0. The minimum absolute atomic E-state index is 0.219. The lowest BCUT2D eigenvalue weighted by Gasteiger charge is -2.13. The standard InChI is InChI=1S/C27H25N5O3/c1-16-11-13-18(14-12-16)32-25(28)22(23-26(32)31-20-9-5-4-8-19(20)30-23)27(33)29-15-17-7-6-10-21(34-2)24(17)35-3/h4-14H,15,28H2,1-3H3,(H,29,33). The lowest BCUT2D eigenvalue weighted by Crippen LogP contribution is -2.24. The second-order valence-corrected chi connectivity index (χ2v) is 8.15. The molecule has 3 aromatic carbocycles. The molecule has 0 unspecified atom stereocenters. The highest BCUT2D eigenvalue weighted by Crippen LogP contribution is 2.33. The van der Waals surface area contributed by atoms with Crippen molar-refractivity contribution in [1.82, 2.24) is 19.9 Å². The van der Waals surface area contributed by atoms with E-state index in [4.69, 9.17) is 25.2 Å². The SMILES string of the molecule is COc1cccc(CNC(=O)c2c(N)n(-c3ccc(C)cc3)c3nc4ccccc4nc23)c1OC. The fourth-order valence-corrected chi connectivity index (χ4v) is 4.20. The van der Waals surface area contributed by atoms with Crippen LogP contribution in [0.15, 0.2) is 66.7 Å². The van der Waals surface area contributed by atoms with Gasteiger partial charge in [0.1, 0.15) is 16.9 Å². The first-order chi connectivity index (χ1) is 17.0. The van der Waals surface area contributed by atoms with E-state index in [1.807, 2.05) is 67.6 Å². The second-order valence-electron chi connectivity index (χ2n) is 8.15. The number of nitrogens with zero attached hydrogens (tertiary/aromatic N) is 3. The number of amides is 1. The van der Waals surface area contributed by atoms with Crippen LogP contribution in [-0.2, 0) is 6.54 Å². The maximum absolute atomic E-state index is 13.5. The Labute approximate surface area is 202 Å². The van der Waals surface area contributed by atoms with Crippen molar-refractivity contribution in [2.24, 2.45) is 0 Å². The number of nitrogens with one attached hydrogen (secondary N) is 1. The maximum Gasteiger partial charge on any atom is 0.257 e. The third-order valence-corrected chi connectivity index (χ3v) is 5.94. The smallest absolute Gasteiger partial charge is 0.257 e. The van der Waals surface area contributed by atoms with E-state index in [-0.39, 0.29) is 23.8 Å². The van der Waals surface area contributed by atoms with E-state index in [9.17, 15) is 4.79 Å². The Morgan fingerprint density at radius 3 is 2.34 bits per heavy atom. The van der Waals surface area contributed by atoms with E-state index in [2.05, 4.69) is 5.32 Å². The van der Waals surface area contributed by atoms with Crippen LogP contribution in [0.25, 0.3) is 27.9 Å². The predicted molar refractivity (Wildman–Crippen MR) is 136 cm³/mol. The van der Waals surface area contributed by atoms with Gasteiger partial charge < -0.3 is 20.5 Å². The molecule has 0 saturated carbocycles. The molecule has 35 heavy (non-hydrogen) atoms. The monoisotopic (exact) mass is 467 g/mol. The van der Waals surface area contributed by atoms with Crippen LogP contribution in [0.2, 0.25) is 0 Å². The summed E-state index contributed by atoms with van der Waals surface area (Å²) in [7, 11) is 3.14. The van der Waals surface area contributed by atoms with Gasteiger partial charge in [0.15, 0.2) is 17.1 Å². The van der Waals surface area contributed by atoms with Crippen LogP contribution in [0.3, 0.4) is 0 Å². The zero-order valence-corrected chi connectivity index (χ0v) is 19.7. The topological polar surface area (TPSA) is 104 Å². The van der Waals surface area contributed by atoms with Crippen LogP contribution >= 0.6 is 0 Å². The molecule has 0 spiro atoms. The largest absolute Gasteiger partial charge is 0.493 e. The zero-order chi connectivity index (χ0) is 24.5. The number of aromatic nitrogens is 3. The lowest BCUT2D eigenvalue weighted by atomic mass is 10.1. The van der Waals surface area contributed by atoms with Gasteiger partial charge in [-0.25, -0.2) is 9.97 Å². The van der Waals surface area contributed by atoms with E-state index in [1.165, 1.54) is 0 Å². The maximum atomic E-state index is 13.5. The summed E-state index contributed by atoms with van der Waals surface area (Å²) in [6, 6.07) is 20.9. The molecule has 2 aromatic heterocycles. The molecule has 0 atom stereocenters. The van der Waals surface area contributed by atoms with Crippen molar-refractivity contribution in [1.29, 1.82) is 0 Å². The number of carbonyl (C=O) groups is 1. The van der Waals surface area contributed by atoms with Gasteiger partial charge in [0.2, 0.25) is 0 Å². The average Bonchev–Trinajstić information content (AvgIpc) is 3.16. The molecule has 5 rings (SSSR count). The van der Waals surface area contributed by atoms with Crippen LogP contribution in [0.1, 0.15) is 21.5 Å². The fourth-order valence-electron chi connectivity index (χ4n) is 4.20. The molecule has 5 aromatic rings. The van der Waals surface area contributed by atoms with Crippen molar-refractivity contribution in [2.75, 3.05) is 20.0 Å². The first-order valence-corrected chi connectivity index (χ1v) is 11.1. The van der Waals surface area contributed by atoms with Crippen molar-refractivity contribution in [3.05, 3.63) is 83.4 Å². The van der Waals surface area contributed by atoms with Gasteiger partial charge >= 0.3 is 0 Å². The first-order valence-electron chi connectivity index (χ1n) is 11.1. The number of methoxy groups -OCH3 is 2. The fraction of sp³-hybridized carbons (Fsp3) is 0.148. The average molecular weight is 468 g/mol. The summed E-state index contributed by atoms with van der Waals surface area (Å²) in [6.45, 7) is 2.23. The molecule has 0 aliphatic heterocycles. The van der Waals surface area contributed by atoms with Gasteiger partial charge in [0.05, 0.1) is 25.3 Å². The summed E-state index contributed by atoms with van der Waals surface area (Å²) in [4.78, 5) is 23.1. The molecule has 0 radical (unpaired) electrons. The summed E-state index contributed by atoms with van der Waals surface area (Å²) in [5, 5.41) is 2.96. The van der Waals surface area contributed by atoms with Gasteiger partial charge in [0.25, 0.3) is 5.91 Å². The summed E-state index contributed by atoms with van der Waals surface area (Å²) in [6.07, 6.45) is 0. The van der Waals surface area contributed by atoms with Crippen LogP contribution in [0.4, 0.5) is 5.82 Å². The number of nitrogen functional groups attached to an aromatic ring is 1. The molecule has 2 heterocycles. The molecule has 0 bridgehead atoms. The van der Waals surface area contributed by atoms with E-state index in [1.54, 1.807) is 24.9 Å². The quantitative estimate of drug-likeness (QED) is 0.383. The lowest BCUT2D eigenvalue weighted by molar-refractivity contribution is 0.0953. The van der Waals surface area contributed by atoms with Crippen molar-refractivity contribution < 1.29 is 14.3 Å². The Balaban J connectivity index is 1.62. The molecule has 0 aliphatic carbocycles. The Bertz CT molecular complexity index is 1560. The number of rotatable bonds is 6. The number of hydrogen-bond donors (Lipinski definition) is 2. The number of carbonyl (C=O) groups excluding carboxylic acids is 1. The molecule has 0 fully saturated rings. The van der Waals surface area contributed by atoms with Gasteiger partial charge in [-0.15, -0.1) is 0 Å². The van der Waals surface area contributed by atoms with E-state index in [0.717, 1.165) is 22.3 Å². The van der Waals surface area contributed by atoms with E-state index >= 15 is 0 Å². The number of ether oxygens (including phenoxy) is 2. The number of anilines is 1. The molecule has 176 valence electrons. The van der Waals surface area contributed by atoms with Crippen LogP contribution in [0.5, 0.6) is 11.5 Å². The van der Waals surface area contributed by atoms with E-state index in [0.29, 0.717) is 28.2 Å². The molecular weight excluding hydrogens is 442 g/mol. The second kappa shape index (κ2) is 8.98. The zero-order valence-electron chi connectivity index (χ0n) is 19.7.